The Balaban J connectivity index is 3.34. The molecule has 2 heteroatoms. The van der Waals surface area contributed by atoms with Crippen LogP contribution in [0.4, 0.5) is 8.78 Å². The van der Waals surface area contributed by atoms with E-state index >= 15 is 0 Å². The van der Waals surface area contributed by atoms with E-state index in [1.165, 1.54) is 0 Å². The fourth-order valence-electron chi connectivity index (χ4n) is 1.63. The number of rotatable bonds is 2. The maximum atomic E-state index is 13.9. The third-order valence-corrected chi connectivity index (χ3v) is 3.14. The summed E-state index contributed by atoms with van der Waals surface area (Å²) in [5, 5.41) is 0. The van der Waals surface area contributed by atoms with Gasteiger partial charge in [-0.25, -0.2) is 8.78 Å². The topological polar surface area (TPSA) is 0 Å². The zero-order valence-corrected chi connectivity index (χ0v) is 9.99. The van der Waals surface area contributed by atoms with Crippen LogP contribution >= 0.6 is 0 Å². The monoisotopic (exact) mass is 212 g/mol. The van der Waals surface area contributed by atoms with Gasteiger partial charge in [-0.2, -0.15) is 0 Å². The average Bonchev–Trinajstić information content (AvgIpc) is 2.13. The second-order valence-electron chi connectivity index (χ2n) is 4.46. The van der Waals surface area contributed by atoms with Crippen LogP contribution in [-0.2, 0) is 5.92 Å². The van der Waals surface area contributed by atoms with Gasteiger partial charge in [-0.1, -0.05) is 26.0 Å². The molecule has 84 valence electrons. The van der Waals surface area contributed by atoms with E-state index in [1.54, 1.807) is 32.9 Å². The Hall–Kier alpha value is -0.920. The number of hydrogen-bond donors (Lipinski definition) is 0. The molecule has 0 saturated heterocycles. The van der Waals surface area contributed by atoms with Crippen molar-refractivity contribution in [1.29, 1.82) is 0 Å². The van der Waals surface area contributed by atoms with Crippen LogP contribution in [0.15, 0.2) is 12.1 Å². The molecule has 0 atom stereocenters. The highest BCUT2D eigenvalue weighted by Crippen LogP contribution is 2.38. The Morgan fingerprint density at radius 2 is 1.53 bits per heavy atom. The highest BCUT2D eigenvalue weighted by atomic mass is 19.3. The standard InChI is InChI=1S/C13H18F2/c1-8(2)13(14,15)12-7-6-9(3)10(4)11(12)5/h6-8H,1-5H3. The van der Waals surface area contributed by atoms with Crippen LogP contribution in [0, 0.1) is 26.7 Å². The molecule has 1 rings (SSSR count). The molecule has 0 aliphatic heterocycles. The summed E-state index contributed by atoms with van der Waals surface area (Å²) in [6.07, 6.45) is 0. The van der Waals surface area contributed by atoms with Crippen molar-refractivity contribution in [3.8, 4) is 0 Å². The first kappa shape index (κ1) is 12.2. The summed E-state index contributed by atoms with van der Waals surface area (Å²) in [7, 11) is 0. The first-order valence-corrected chi connectivity index (χ1v) is 5.23. The van der Waals surface area contributed by atoms with Crippen molar-refractivity contribution >= 4 is 0 Å². The van der Waals surface area contributed by atoms with Gasteiger partial charge in [-0.05, 0) is 37.5 Å². The van der Waals surface area contributed by atoms with Crippen LogP contribution < -0.4 is 0 Å². The van der Waals surface area contributed by atoms with Crippen LogP contribution in [0.25, 0.3) is 0 Å². The fourth-order valence-corrected chi connectivity index (χ4v) is 1.63. The lowest BCUT2D eigenvalue weighted by atomic mass is 9.90. The minimum Gasteiger partial charge on any atom is -0.201 e. The molecule has 0 aromatic heterocycles. The van der Waals surface area contributed by atoms with Gasteiger partial charge in [-0.3, -0.25) is 0 Å². The zero-order valence-electron chi connectivity index (χ0n) is 9.99. The van der Waals surface area contributed by atoms with E-state index in [4.69, 9.17) is 0 Å². The van der Waals surface area contributed by atoms with Crippen molar-refractivity contribution in [2.75, 3.05) is 0 Å². The van der Waals surface area contributed by atoms with E-state index in [-0.39, 0.29) is 5.56 Å². The predicted molar refractivity (Wildman–Crippen MR) is 59.4 cm³/mol. The van der Waals surface area contributed by atoms with E-state index < -0.39 is 11.8 Å². The molecule has 0 aliphatic rings. The molecule has 0 radical (unpaired) electrons. The second-order valence-corrected chi connectivity index (χ2v) is 4.46. The Bertz CT molecular complexity index is 365. The van der Waals surface area contributed by atoms with Crippen molar-refractivity contribution in [3.63, 3.8) is 0 Å². The number of aryl methyl sites for hydroxylation is 1. The summed E-state index contributed by atoms with van der Waals surface area (Å²) < 4.78 is 27.7. The molecule has 0 heterocycles. The van der Waals surface area contributed by atoms with Crippen molar-refractivity contribution < 1.29 is 8.78 Å². The molecule has 1 aromatic rings. The van der Waals surface area contributed by atoms with Gasteiger partial charge in [0.1, 0.15) is 0 Å². The molecule has 1 aromatic carbocycles. The minimum atomic E-state index is -2.73. The number of hydrogen-bond acceptors (Lipinski definition) is 0. The van der Waals surface area contributed by atoms with Crippen LogP contribution in [-0.4, -0.2) is 0 Å². The molecular formula is C13H18F2. The van der Waals surface area contributed by atoms with E-state index in [0.717, 1.165) is 11.1 Å². The molecule has 0 spiro atoms. The summed E-state index contributed by atoms with van der Waals surface area (Å²) in [6, 6.07) is 3.33. The second kappa shape index (κ2) is 3.92. The number of alkyl halides is 2. The van der Waals surface area contributed by atoms with E-state index in [0.29, 0.717) is 5.56 Å². The highest BCUT2D eigenvalue weighted by Gasteiger charge is 2.37. The van der Waals surface area contributed by atoms with Gasteiger partial charge < -0.3 is 0 Å². The number of benzene rings is 1. The van der Waals surface area contributed by atoms with Gasteiger partial charge in [0.15, 0.2) is 0 Å². The Morgan fingerprint density at radius 1 is 1.00 bits per heavy atom. The Labute approximate surface area is 90.3 Å². The van der Waals surface area contributed by atoms with Crippen LogP contribution in [0.3, 0.4) is 0 Å². The lowest BCUT2D eigenvalue weighted by Crippen LogP contribution is -2.22. The van der Waals surface area contributed by atoms with E-state index in [2.05, 4.69) is 0 Å². The Morgan fingerprint density at radius 3 is 2.00 bits per heavy atom. The largest absolute Gasteiger partial charge is 0.275 e. The molecule has 15 heavy (non-hydrogen) atoms. The van der Waals surface area contributed by atoms with Crippen LogP contribution in [0.2, 0.25) is 0 Å². The minimum absolute atomic E-state index is 0.167. The van der Waals surface area contributed by atoms with Crippen molar-refractivity contribution in [3.05, 3.63) is 34.4 Å². The molecule has 0 nitrogen and oxygen atoms in total. The van der Waals surface area contributed by atoms with Crippen molar-refractivity contribution in [2.24, 2.45) is 5.92 Å². The smallest absolute Gasteiger partial charge is 0.201 e. The predicted octanol–water partition coefficient (Wildman–Crippen LogP) is 4.36. The molecular weight excluding hydrogens is 194 g/mol. The molecule has 0 amide bonds. The normalized spacial score (nSPS) is 12.3. The van der Waals surface area contributed by atoms with Gasteiger partial charge >= 0.3 is 0 Å². The highest BCUT2D eigenvalue weighted by molar-refractivity contribution is 5.41. The Kier molecular flexibility index (Phi) is 3.17. The quantitative estimate of drug-likeness (QED) is 0.683. The van der Waals surface area contributed by atoms with Crippen molar-refractivity contribution in [2.45, 2.75) is 40.5 Å². The summed E-state index contributed by atoms with van der Waals surface area (Å²) in [5.74, 6) is -3.40. The maximum Gasteiger partial charge on any atom is 0.275 e. The summed E-state index contributed by atoms with van der Waals surface area (Å²) in [6.45, 7) is 8.71. The third kappa shape index (κ3) is 2.04. The molecule has 0 N–H and O–H groups in total. The molecule has 0 unspecified atom stereocenters. The summed E-state index contributed by atoms with van der Waals surface area (Å²) in [5.41, 5.74) is 2.91. The maximum absolute atomic E-state index is 13.9. The van der Waals surface area contributed by atoms with Gasteiger partial charge in [0.2, 0.25) is 0 Å². The lowest BCUT2D eigenvalue weighted by molar-refractivity contribution is -0.0519. The molecule has 0 saturated carbocycles. The van der Waals surface area contributed by atoms with Gasteiger partial charge in [0, 0.05) is 11.5 Å². The SMILES string of the molecule is Cc1ccc(C(F)(F)C(C)C)c(C)c1C. The van der Waals surface area contributed by atoms with E-state index in [9.17, 15) is 8.78 Å². The average molecular weight is 212 g/mol. The lowest BCUT2D eigenvalue weighted by Gasteiger charge is -2.24. The fraction of sp³-hybridized carbons (Fsp3) is 0.538. The van der Waals surface area contributed by atoms with Crippen LogP contribution in [0.5, 0.6) is 0 Å². The third-order valence-electron chi connectivity index (χ3n) is 3.14. The van der Waals surface area contributed by atoms with Gasteiger partial charge in [0.05, 0.1) is 0 Å². The van der Waals surface area contributed by atoms with Gasteiger partial charge in [-0.15, -0.1) is 0 Å². The van der Waals surface area contributed by atoms with E-state index in [1.807, 2.05) is 13.8 Å². The number of halogens is 2. The molecule has 0 bridgehead atoms. The zero-order chi connectivity index (χ0) is 11.8. The van der Waals surface area contributed by atoms with Crippen molar-refractivity contribution in [1.82, 2.24) is 0 Å². The molecule has 0 aliphatic carbocycles. The van der Waals surface area contributed by atoms with Crippen LogP contribution in [0.1, 0.15) is 36.1 Å². The summed E-state index contributed by atoms with van der Waals surface area (Å²) in [4.78, 5) is 0. The molecule has 0 fully saturated rings. The summed E-state index contributed by atoms with van der Waals surface area (Å²) >= 11 is 0. The first-order valence-electron chi connectivity index (χ1n) is 5.23. The van der Waals surface area contributed by atoms with Gasteiger partial charge in [0.25, 0.3) is 5.92 Å². The first-order chi connectivity index (χ1) is 6.78.